The molecule has 0 spiro atoms. The van der Waals surface area contributed by atoms with E-state index in [0.717, 1.165) is 38.7 Å². The minimum atomic E-state index is -0.0259. The van der Waals surface area contributed by atoms with Crippen molar-refractivity contribution in [1.82, 2.24) is 15.0 Å². The van der Waals surface area contributed by atoms with Gasteiger partial charge in [-0.1, -0.05) is 27.7 Å². The molecule has 21 heavy (non-hydrogen) atoms. The maximum Gasteiger partial charge on any atom is 0.181 e. The second-order valence-electron chi connectivity index (χ2n) is 5.99. The third-order valence-electron chi connectivity index (χ3n) is 2.95. The van der Waals surface area contributed by atoms with Crippen molar-refractivity contribution in [1.29, 1.82) is 0 Å². The molecule has 0 aliphatic carbocycles. The first-order chi connectivity index (χ1) is 9.82. The summed E-state index contributed by atoms with van der Waals surface area (Å²) in [4.78, 5) is 14.0. The lowest BCUT2D eigenvalue weighted by atomic mass is 9.92. The van der Waals surface area contributed by atoms with Crippen molar-refractivity contribution >= 4 is 39.7 Å². The Morgan fingerprint density at radius 1 is 1.24 bits per heavy atom. The van der Waals surface area contributed by atoms with E-state index in [4.69, 9.17) is 4.98 Å². The van der Waals surface area contributed by atoms with Gasteiger partial charge in [-0.3, -0.25) is 0 Å². The number of anilines is 1. The Morgan fingerprint density at radius 3 is 2.48 bits per heavy atom. The first-order valence-corrected chi connectivity index (χ1v) is 9.03. The molecule has 0 fully saturated rings. The van der Waals surface area contributed by atoms with Crippen LogP contribution in [0.2, 0.25) is 0 Å². The van der Waals surface area contributed by atoms with E-state index in [1.807, 2.05) is 12.3 Å². The molecule has 0 bridgehead atoms. The summed E-state index contributed by atoms with van der Waals surface area (Å²) in [5.74, 6) is 1.63. The van der Waals surface area contributed by atoms with Gasteiger partial charge in [-0.15, -0.1) is 11.3 Å². The molecule has 2 aromatic rings. The lowest BCUT2D eigenvalue weighted by Crippen LogP contribution is -2.19. The van der Waals surface area contributed by atoms with E-state index in [2.05, 4.69) is 65.6 Å². The number of nitrogens with one attached hydrogen (secondary N) is 1. The Hall–Kier alpha value is -0.760. The fraction of sp³-hybridized carbons (Fsp3) is 0.533. The molecule has 2 aromatic heterocycles. The van der Waals surface area contributed by atoms with Crippen molar-refractivity contribution in [3.8, 4) is 11.5 Å². The molecule has 0 saturated heterocycles. The van der Waals surface area contributed by atoms with Crippen LogP contribution in [0.4, 0.5) is 5.82 Å². The number of halogens is 1. The van der Waals surface area contributed by atoms with E-state index in [-0.39, 0.29) is 5.41 Å². The van der Waals surface area contributed by atoms with Crippen molar-refractivity contribution in [3.63, 3.8) is 0 Å². The predicted octanol–water partition coefficient (Wildman–Crippen LogP) is 4.63. The fourth-order valence-electron chi connectivity index (χ4n) is 1.89. The van der Waals surface area contributed by atoms with Gasteiger partial charge in [0.05, 0.1) is 14.3 Å². The molecule has 0 aromatic carbocycles. The van der Waals surface area contributed by atoms with Crippen molar-refractivity contribution in [2.45, 2.75) is 46.5 Å². The molecular formula is C15H21IN4S. The largest absolute Gasteiger partial charge is 0.369 e. The van der Waals surface area contributed by atoms with Crippen LogP contribution in [0.15, 0.2) is 5.38 Å². The zero-order valence-corrected chi connectivity index (χ0v) is 16.1. The van der Waals surface area contributed by atoms with Gasteiger partial charge in [0.15, 0.2) is 5.82 Å². The summed E-state index contributed by atoms with van der Waals surface area (Å²) in [5, 5.41) is 6.47. The molecule has 0 amide bonds. The van der Waals surface area contributed by atoms with E-state index in [9.17, 15) is 0 Å². The Kier molecular flexibility index (Phi) is 5.19. The molecule has 0 saturated carbocycles. The standard InChI is InChI=1S/C15H21IN4S/c1-6-7-17-14-11(16)12(15(3,4)5)19-13(20-14)10-8-21-9(2)18-10/h8H,6-7H2,1-5H3,(H,17,19,20). The van der Waals surface area contributed by atoms with Crippen molar-refractivity contribution < 1.29 is 0 Å². The van der Waals surface area contributed by atoms with E-state index >= 15 is 0 Å². The first kappa shape index (κ1) is 16.6. The van der Waals surface area contributed by atoms with E-state index in [0.29, 0.717) is 5.82 Å². The average Bonchev–Trinajstić information content (AvgIpc) is 2.83. The minimum absolute atomic E-state index is 0.0259. The predicted molar refractivity (Wildman–Crippen MR) is 98.1 cm³/mol. The normalized spacial score (nSPS) is 11.7. The first-order valence-electron chi connectivity index (χ1n) is 7.07. The number of aryl methyl sites for hydroxylation is 1. The molecule has 0 aliphatic heterocycles. The fourth-order valence-corrected chi connectivity index (χ4v) is 3.72. The molecule has 1 N–H and O–H groups in total. The Balaban J connectivity index is 2.55. The molecular weight excluding hydrogens is 395 g/mol. The summed E-state index contributed by atoms with van der Waals surface area (Å²) < 4.78 is 1.10. The van der Waals surface area contributed by atoms with Crippen LogP contribution in [0.5, 0.6) is 0 Å². The van der Waals surface area contributed by atoms with Crippen LogP contribution < -0.4 is 5.32 Å². The van der Waals surface area contributed by atoms with Crippen LogP contribution in [-0.4, -0.2) is 21.5 Å². The van der Waals surface area contributed by atoms with Crippen LogP contribution in [0.3, 0.4) is 0 Å². The molecule has 4 nitrogen and oxygen atoms in total. The van der Waals surface area contributed by atoms with E-state index < -0.39 is 0 Å². The van der Waals surface area contributed by atoms with Gasteiger partial charge in [0.1, 0.15) is 11.5 Å². The summed E-state index contributed by atoms with van der Waals surface area (Å²) in [5.41, 5.74) is 1.90. The maximum atomic E-state index is 4.78. The monoisotopic (exact) mass is 416 g/mol. The quantitative estimate of drug-likeness (QED) is 0.739. The average molecular weight is 416 g/mol. The lowest BCUT2D eigenvalue weighted by molar-refractivity contribution is 0.564. The van der Waals surface area contributed by atoms with Gasteiger partial charge in [-0.05, 0) is 35.9 Å². The molecule has 2 heterocycles. The number of thiazole rings is 1. The second-order valence-corrected chi connectivity index (χ2v) is 8.13. The zero-order valence-electron chi connectivity index (χ0n) is 13.1. The number of hydrogen-bond donors (Lipinski definition) is 1. The maximum absolute atomic E-state index is 4.78. The highest BCUT2D eigenvalue weighted by atomic mass is 127. The summed E-state index contributed by atoms with van der Waals surface area (Å²) in [6, 6.07) is 0. The molecule has 0 atom stereocenters. The molecule has 6 heteroatoms. The van der Waals surface area contributed by atoms with Crippen LogP contribution >= 0.6 is 33.9 Å². The van der Waals surface area contributed by atoms with Crippen LogP contribution in [0, 0.1) is 10.5 Å². The lowest BCUT2D eigenvalue weighted by Gasteiger charge is -2.22. The third kappa shape index (κ3) is 3.91. The highest BCUT2D eigenvalue weighted by molar-refractivity contribution is 14.1. The number of aromatic nitrogens is 3. The van der Waals surface area contributed by atoms with Gasteiger partial charge in [0.25, 0.3) is 0 Å². The summed E-state index contributed by atoms with van der Waals surface area (Å²) in [7, 11) is 0. The molecule has 0 radical (unpaired) electrons. The van der Waals surface area contributed by atoms with Crippen LogP contribution in [0.1, 0.15) is 44.8 Å². The van der Waals surface area contributed by atoms with Crippen LogP contribution in [-0.2, 0) is 5.41 Å². The molecule has 114 valence electrons. The minimum Gasteiger partial charge on any atom is -0.369 e. The van der Waals surface area contributed by atoms with Gasteiger partial charge in [0, 0.05) is 17.3 Å². The highest BCUT2D eigenvalue weighted by Gasteiger charge is 2.24. The summed E-state index contributed by atoms with van der Waals surface area (Å²) in [6.45, 7) is 11.6. The zero-order chi connectivity index (χ0) is 15.6. The number of hydrogen-bond acceptors (Lipinski definition) is 5. The van der Waals surface area contributed by atoms with Gasteiger partial charge >= 0.3 is 0 Å². The van der Waals surface area contributed by atoms with Gasteiger partial charge in [-0.2, -0.15) is 0 Å². The molecule has 0 unspecified atom stereocenters. The summed E-state index contributed by atoms with van der Waals surface area (Å²) >= 11 is 3.97. The van der Waals surface area contributed by atoms with E-state index in [1.54, 1.807) is 11.3 Å². The SMILES string of the molecule is CCCNc1nc(-c2csc(C)n2)nc(C(C)(C)C)c1I. The molecule has 2 rings (SSSR count). The van der Waals surface area contributed by atoms with Crippen molar-refractivity contribution in [3.05, 3.63) is 19.7 Å². The smallest absolute Gasteiger partial charge is 0.181 e. The van der Waals surface area contributed by atoms with Crippen LogP contribution in [0.25, 0.3) is 11.5 Å². The van der Waals surface area contributed by atoms with Gasteiger partial charge in [-0.25, -0.2) is 15.0 Å². The molecule has 0 aliphatic rings. The van der Waals surface area contributed by atoms with Crippen molar-refractivity contribution in [2.75, 3.05) is 11.9 Å². The van der Waals surface area contributed by atoms with Gasteiger partial charge < -0.3 is 5.32 Å². The number of rotatable bonds is 4. The van der Waals surface area contributed by atoms with E-state index in [1.165, 1.54) is 0 Å². The Labute approximate surface area is 144 Å². The van der Waals surface area contributed by atoms with Gasteiger partial charge in [0.2, 0.25) is 0 Å². The summed E-state index contributed by atoms with van der Waals surface area (Å²) in [6.07, 6.45) is 1.07. The topological polar surface area (TPSA) is 50.7 Å². The second kappa shape index (κ2) is 6.56. The highest BCUT2D eigenvalue weighted by Crippen LogP contribution is 2.31. The Morgan fingerprint density at radius 2 is 1.95 bits per heavy atom. The Bertz CT molecular complexity index is 631. The number of nitrogens with zero attached hydrogens (tertiary/aromatic N) is 3. The van der Waals surface area contributed by atoms with Crippen molar-refractivity contribution in [2.24, 2.45) is 0 Å². The third-order valence-corrected chi connectivity index (χ3v) is 4.75.